The van der Waals surface area contributed by atoms with Gasteiger partial charge >= 0.3 is 0 Å². The van der Waals surface area contributed by atoms with Crippen LogP contribution < -0.4 is 5.32 Å². The predicted octanol–water partition coefficient (Wildman–Crippen LogP) is 6.04. The maximum atomic E-state index is 6.07. The molecule has 0 aliphatic rings. The van der Waals surface area contributed by atoms with Gasteiger partial charge in [-0.05, 0) is 52.7 Å². The van der Waals surface area contributed by atoms with E-state index in [0.717, 1.165) is 14.6 Å². The summed E-state index contributed by atoms with van der Waals surface area (Å²) < 4.78 is 1.98. The van der Waals surface area contributed by atoms with E-state index in [-0.39, 0.29) is 6.04 Å². The standard InChI is InChI=1S/C14H12Br2ClN/c1-9(10-5-7-11(15)8-6-10)18-13-4-2-3-12(17)14(13)16/h2-9,18H,1H3. The van der Waals surface area contributed by atoms with Gasteiger partial charge < -0.3 is 5.32 Å². The first-order valence-electron chi connectivity index (χ1n) is 5.54. The molecule has 2 aromatic rings. The van der Waals surface area contributed by atoms with Crippen LogP contribution in [0.2, 0.25) is 5.02 Å². The van der Waals surface area contributed by atoms with Crippen molar-refractivity contribution >= 4 is 49.1 Å². The van der Waals surface area contributed by atoms with Crippen LogP contribution in [0.3, 0.4) is 0 Å². The van der Waals surface area contributed by atoms with Crippen LogP contribution in [0, 0.1) is 0 Å². The highest BCUT2D eigenvalue weighted by Gasteiger charge is 2.08. The van der Waals surface area contributed by atoms with Crippen molar-refractivity contribution in [3.05, 3.63) is 62.0 Å². The normalized spacial score (nSPS) is 12.2. The van der Waals surface area contributed by atoms with Crippen molar-refractivity contribution in [2.24, 2.45) is 0 Å². The van der Waals surface area contributed by atoms with Crippen LogP contribution in [0.4, 0.5) is 5.69 Å². The Morgan fingerprint density at radius 2 is 1.72 bits per heavy atom. The molecule has 0 fully saturated rings. The smallest absolute Gasteiger partial charge is 0.0593 e. The van der Waals surface area contributed by atoms with Crippen molar-refractivity contribution in [2.45, 2.75) is 13.0 Å². The second kappa shape index (κ2) is 6.09. The van der Waals surface area contributed by atoms with E-state index in [2.05, 4.69) is 56.2 Å². The third-order valence-electron chi connectivity index (χ3n) is 2.69. The molecule has 2 aromatic carbocycles. The van der Waals surface area contributed by atoms with Crippen molar-refractivity contribution in [3.8, 4) is 0 Å². The van der Waals surface area contributed by atoms with Gasteiger partial charge in [-0.1, -0.05) is 45.7 Å². The first kappa shape index (κ1) is 13.9. The highest BCUT2D eigenvalue weighted by molar-refractivity contribution is 9.11. The fourth-order valence-corrected chi connectivity index (χ4v) is 2.50. The van der Waals surface area contributed by atoms with Crippen molar-refractivity contribution in [3.63, 3.8) is 0 Å². The van der Waals surface area contributed by atoms with E-state index in [9.17, 15) is 0 Å². The van der Waals surface area contributed by atoms with Crippen LogP contribution in [-0.4, -0.2) is 0 Å². The van der Waals surface area contributed by atoms with Crippen LogP contribution in [0.15, 0.2) is 51.4 Å². The maximum absolute atomic E-state index is 6.07. The van der Waals surface area contributed by atoms with Gasteiger partial charge in [0.2, 0.25) is 0 Å². The third-order valence-corrected chi connectivity index (χ3v) is 4.62. The lowest BCUT2D eigenvalue weighted by molar-refractivity contribution is 0.883. The number of anilines is 1. The van der Waals surface area contributed by atoms with Crippen LogP contribution in [0.1, 0.15) is 18.5 Å². The maximum Gasteiger partial charge on any atom is 0.0593 e. The molecular formula is C14H12Br2ClN. The van der Waals surface area contributed by atoms with Gasteiger partial charge in [-0.3, -0.25) is 0 Å². The van der Waals surface area contributed by atoms with Gasteiger partial charge in [-0.15, -0.1) is 0 Å². The third kappa shape index (κ3) is 3.28. The summed E-state index contributed by atoms with van der Waals surface area (Å²) in [7, 11) is 0. The first-order chi connectivity index (χ1) is 8.58. The average molecular weight is 390 g/mol. The van der Waals surface area contributed by atoms with Crippen LogP contribution in [-0.2, 0) is 0 Å². The molecule has 1 nitrogen and oxygen atoms in total. The van der Waals surface area contributed by atoms with Gasteiger partial charge in [-0.2, -0.15) is 0 Å². The van der Waals surface area contributed by atoms with E-state index in [0.29, 0.717) is 5.02 Å². The summed E-state index contributed by atoms with van der Waals surface area (Å²) in [5.41, 5.74) is 2.22. The van der Waals surface area contributed by atoms with Crippen molar-refractivity contribution in [1.29, 1.82) is 0 Å². The lowest BCUT2D eigenvalue weighted by Crippen LogP contribution is -2.06. The summed E-state index contributed by atoms with van der Waals surface area (Å²) in [5, 5.41) is 4.15. The molecular weight excluding hydrogens is 377 g/mol. The Morgan fingerprint density at radius 1 is 1.06 bits per heavy atom. The van der Waals surface area contributed by atoms with Crippen LogP contribution in [0.25, 0.3) is 0 Å². The largest absolute Gasteiger partial charge is 0.378 e. The molecule has 94 valence electrons. The number of hydrogen-bond acceptors (Lipinski definition) is 1. The summed E-state index contributed by atoms with van der Waals surface area (Å²) >= 11 is 13.0. The number of rotatable bonds is 3. The number of hydrogen-bond donors (Lipinski definition) is 1. The molecule has 0 radical (unpaired) electrons. The van der Waals surface area contributed by atoms with E-state index in [4.69, 9.17) is 11.6 Å². The van der Waals surface area contributed by atoms with Gasteiger partial charge in [0.05, 0.1) is 15.2 Å². The Morgan fingerprint density at radius 3 is 2.39 bits per heavy atom. The molecule has 1 atom stereocenters. The molecule has 2 rings (SSSR count). The van der Waals surface area contributed by atoms with E-state index in [1.807, 2.05) is 30.3 Å². The average Bonchev–Trinajstić information content (AvgIpc) is 2.36. The fraction of sp³-hybridized carbons (Fsp3) is 0.143. The van der Waals surface area contributed by atoms with Gasteiger partial charge in [0.15, 0.2) is 0 Å². The lowest BCUT2D eigenvalue weighted by Gasteiger charge is -2.17. The SMILES string of the molecule is CC(Nc1cccc(Cl)c1Br)c1ccc(Br)cc1. The lowest BCUT2D eigenvalue weighted by atomic mass is 10.1. The minimum atomic E-state index is 0.216. The Hall–Kier alpha value is -0.510. The summed E-state index contributed by atoms with van der Waals surface area (Å²) in [6.07, 6.45) is 0. The second-order valence-corrected chi connectivity index (χ2v) is 6.13. The van der Waals surface area contributed by atoms with E-state index in [1.54, 1.807) is 0 Å². The Balaban J connectivity index is 2.18. The van der Waals surface area contributed by atoms with Gasteiger partial charge in [0.1, 0.15) is 0 Å². The van der Waals surface area contributed by atoms with Crippen LogP contribution >= 0.6 is 43.5 Å². The molecule has 4 heteroatoms. The zero-order valence-electron chi connectivity index (χ0n) is 9.75. The summed E-state index contributed by atoms with van der Waals surface area (Å²) in [5.74, 6) is 0. The number of nitrogens with one attached hydrogen (secondary N) is 1. The Labute approximate surface area is 129 Å². The van der Waals surface area contributed by atoms with E-state index >= 15 is 0 Å². The van der Waals surface area contributed by atoms with Crippen molar-refractivity contribution in [2.75, 3.05) is 5.32 Å². The monoisotopic (exact) mass is 387 g/mol. The predicted molar refractivity (Wildman–Crippen MR) is 85.3 cm³/mol. The number of halogens is 3. The highest BCUT2D eigenvalue weighted by atomic mass is 79.9. The molecule has 1 unspecified atom stereocenters. The molecule has 0 saturated carbocycles. The minimum absolute atomic E-state index is 0.216. The summed E-state index contributed by atoms with van der Waals surface area (Å²) in [6.45, 7) is 2.12. The first-order valence-corrected chi connectivity index (χ1v) is 7.50. The highest BCUT2D eigenvalue weighted by Crippen LogP contribution is 2.32. The fourth-order valence-electron chi connectivity index (χ4n) is 1.68. The molecule has 0 aliphatic heterocycles. The molecule has 18 heavy (non-hydrogen) atoms. The van der Waals surface area contributed by atoms with Gasteiger partial charge in [0.25, 0.3) is 0 Å². The van der Waals surface area contributed by atoms with E-state index < -0.39 is 0 Å². The molecule has 1 N–H and O–H groups in total. The Bertz CT molecular complexity index is 540. The summed E-state index contributed by atoms with van der Waals surface area (Å²) in [4.78, 5) is 0. The van der Waals surface area contributed by atoms with Crippen LogP contribution in [0.5, 0.6) is 0 Å². The molecule has 0 aromatic heterocycles. The zero-order chi connectivity index (χ0) is 13.1. The minimum Gasteiger partial charge on any atom is -0.378 e. The quantitative estimate of drug-likeness (QED) is 0.675. The van der Waals surface area contributed by atoms with Crippen molar-refractivity contribution in [1.82, 2.24) is 0 Å². The molecule has 0 amide bonds. The van der Waals surface area contributed by atoms with Gasteiger partial charge in [0, 0.05) is 10.5 Å². The second-order valence-electron chi connectivity index (χ2n) is 4.02. The topological polar surface area (TPSA) is 12.0 Å². The molecule has 0 spiro atoms. The zero-order valence-corrected chi connectivity index (χ0v) is 13.7. The van der Waals surface area contributed by atoms with Crippen molar-refractivity contribution < 1.29 is 0 Å². The Kier molecular flexibility index (Phi) is 4.71. The number of benzene rings is 2. The molecule has 0 heterocycles. The molecule has 0 saturated heterocycles. The van der Waals surface area contributed by atoms with Gasteiger partial charge in [-0.25, -0.2) is 0 Å². The molecule has 0 aliphatic carbocycles. The summed E-state index contributed by atoms with van der Waals surface area (Å²) in [6, 6.07) is 14.3. The molecule has 0 bridgehead atoms. The van der Waals surface area contributed by atoms with E-state index in [1.165, 1.54) is 5.56 Å².